The molecule has 1 N–H and O–H groups in total. The molecule has 0 aromatic carbocycles. The molecule has 27 heavy (non-hydrogen) atoms. The van der Waals surface area contributed by atoms with Gasteiger partial charge in [0.2, 0.25) is 5.91 Å². The van der Waals surface area contributed by atoms with Crippen LogP contribution in [0.5, 0.6) is 0 Å². The summed E-state index contributed by atoms with van der Waals surface area (Å²) < 4.78 is 39.9. The van der Waals surface area contributed by atoms with Gasteiger partial charge >= 0.3 is 6.18 Å². The van der Waals surface area contributed by atoms with E-state index in [1.54, 1.807) is 4.90 Å². The quantitative estimate of drug-likeness (QED) is 0.833. The highest BCUT2D eigenvalue weighted by Gasteiger charge is 2.37. The highest BCUT2D eigenvalue weighted by molar-refractivity contribution is 5.80. The van der Waals surface area contributed by atoms with Gasteiger partial charge in [0.05, 0.1) is 11.5 Å². The van der Waals surface area contributed by atoms with Crippen LogP contribution in [-0.2, 0) is 11.0 Å². The summed E-state index contributed by atoms with van der Waals surface area (Å²) in [5.41, 5.74) is -0.730. The molecule has 0 radical (unpaired) electrons. The number of alkyl halides is 3. The predicted octanol–water partition coefficient (Wildman–Crippen LogP) is 4.55. The Morgan fingerprint density at radius 3 is 2.48 bits per heavy atom. The first-order valence-corrected chi connectivity index (χ1v) is 10.0. The van der Waals surface area contributed by atoms with Gasteiger partial charge in [-0.05, 0) is 37.8 Å². The van der Waals surface area contributed by atoms with Crippen LogP contribution in [0, 0.1) is 5.92 Å². The Morgan fingerprint density at radius 2 is 1.78 bits per heavy atom. The van der Waals surface area contributed by atoms with Gasteiger partial charge in [-0.15, -0.1) is 0 Å². The summed E-state index contributed by atoms with van der Waals surface area (Å²) in [4.78, 5) is 18.3. The van der Waals surface area contributed by atoms with E-state index in [1.165, 1.54) is 31.5 Å². The second-order valence-corrected chi connectivity index (χ2v) is 7.71. The topological polar surface area (TPSA) is 45.2 Å². The molecule has 1 aromatic rings. The molecule has 7 heteroatoms. The van der Waals surface area contributed by atoms with Gasteiger partial charge in [0.1, 0.15) is 5.82 Å². The maximum atomic E-state index is 13.3. The SMILES string of the molecule is O=C(NC1CCCCCCC1)C1CCCN(c2ncccc2C(F)(F)F)C1. The van der Waals surface area contributed by atoms with Gasteiger partial charge in [-0.25, -0.2) is 4.98 Å². The maximum absolute atomic E-state index is 13.3. The van der Waals surface area contributed by atoms with Crippen molar-refractivity contribution in [1.29, 1.82) is 0 Å². The van der Waals surface area contributed by atoms with Crippen LogP contribution in [0.25, 0.3) is 0 Å². The molecule has 1 saturated carbocycles. The highest BCUT2D eigenvalue weighted by Crippen LogP contribution is 2.36. The third kappa shape index (κ3) is 5.36. The lowest BCUT2D eigenvalue weighted by Crippen LogP contribution is -2.46. The number of nitrogens with one attached hydrogen (secondary N) is 1. The summed E-state index contributed by atoms with van der Waals surface area (Å²) in [6.07, 6.45) is 6.29. The van der Waals surface area contributed by atoms with Gasteiger partial charge in [0.15, 0.2) is 0 Å². The molecule has 3 rings (SSSR count). The van der Waals surface area contributed by atoms with E-state index in [0.717, 1.165) is 31.7 Å². The van der Waals surface area contributed by atoms with Gasteiger partial charge in [0.25, 0.3) is 0 Å². The summed E-state index contributed by atoms with van der Waals surface area (Å²) in [6.45, 7) is 0.784. The highest BCUT2D eigenvalue weighted by atomic mass is 19.4. The Morgan fingerprint density at radius 1 is 1.07 bits per heavy atom. The van der Waals surface area contributed by atoms with Crippen LogP contribution in [0.4, 0.5) is 19.0 Å². The third-order valence-corrected chi connectivity index (χ3v) is 5.64. The molecule has 2 aliphatic rings. The van der Waals surface area contributed by atoms with Crippen LogP contribution in [0.1, 0.15) is 63.4 Å². The predicted molar refractivity (Wildman–Crippen MR) is 98.4 cm³/mol. The minimum Gasteiger partial charge on any atom is -0.355 e. The fraction of sp³-hybridized carbons (Fsp3) is 0.700. The number of hydrogen-bond acceptors (Lipinski definition) is 3. The van der Waals surface area contributed by atoms with Crippen LogP contribution in [0.2, 0.25) is 0 Å². The summed E-state index contributed by atoms with van der Waals surface area (Å²) >= 11 is 0. The van der Waals surface area contributed by atoms with E-state index < -0.39 is 11.7 Å². The number of nitrogens with zero attached hydrogens (tertiary/aromatic N) is 2. The molecule has 1 saturated heterocycles. The number of anilines is 1. The third-order valence-electron chi connectivity index (χ3n) is 5.64. The molecule has 0 bridgehead atoms. The average Bonchev–Trinajstić information content (AvgIpc) is 2.63. The molecule has 0 spiro atoms. The van der Waals surface area contributed by atoms with E-state index in [-0.39, 0.29) is 23.7 Å². The van der Waals surface area contributed by atoms with Crippen molar-refractivity contribution >= 4 is 11.7 Å². The second kappa shape index (κ2) is 8.93. The Bertz CT molecular complexity index is 627. The van der Waals surface area contributed by atoms with Gasteiger partial charge < -0.3 is 10.2 Å². The zero-order valence-corrected chi connectivity index (χ0v) is 15.6. The monoisotopic (exact) mass is 383 g/mol. The normalized spacial score (nSPS) is 22.8. The van der Waals surface area contributed by atoms with Crippen molar-refractivity contribution in [3.05, 3.63) is 23.9 Å². The number of aromatic nitrogens is 1. The number of rotatable bonds is 3. The van der Waals surface area contributed by atoms with Crippen molar-refractivity contribution in [2.24, 2.45) is 5.92 Å². The summed E-state index contributed by atoms with van der Waals surface area (Å²) in [7, 11) is 0. The molecular formula is C20H28F3N3O. The minimum atomic E-state index is -4.45. The number of hydrogen-bond donors (Lipinski definition) is 1. The molecular weight excluding hydrogens is 355 g/mol. The Kier molecular flexibility index (Phi) is 6.60. The number of carbonyl (C=O) groups is 1. The lowest BCUT2D eigenvalue weighted by Gasteiger charge is -2.35. The largest absolute Gasteiger partial charge is 0.419 e. The number of pyridine rings is 1. The number of carbonyl (C=O) groups excluding carboxylic acids is 1. The molecule has 2 fully saturated rings. The van der Waals surface area contributed by atoms with Crippen molar-refractivity contribution < 1.29 is 18.0 Å². The Balaban J connectivity index is 1.65. The maximum Gasteiger partial charge on any atom is 0.419 e. The van der Waals surface area contributed by atoms with Crippen LogP contribution in [0.15, 0.2) is 18.3 Å². The molecule has 1 aliphatic carbocycles. The van der Waals surface area contributed by atoms with E-state index >= 15 is 0 Å². The zero-order valence-electron chi connectivity index (χ0n) is 15.6. The summed E-state index contributed by atoms with van der Waals surface area (Å²) in [5.74, 6) is -0.365. The first-order chi connectivity index (χ1) is 12.9. The van der Waals surface area contributed by atoms with Gasteiger partial charge in [-0.1, -0.05) is 32.1 Å². The summed E-state index contributed by atoms with van der Waals surface area (Å²) in [5, 5.41) is 3.16. The fourth-order valence-electron chi connectivity index (χ4n) is 4.17. The number of halogens is 3. The molecule has 1 unspecified atom stereocenters. The van der Waals surface area contributed by atoms with Gasteiger partial charge in [-0.3, -0.25) is 4.79 Å². The van der Waals surface area contributed by atoms with Gasteiger partial charge in [0, 0.05) is 25.3 Å². The van der Waals surface area contributed by atoms with Crippen molar-refractivity contribution in [1.82, 2.24) is 10.3 Å². The van der Waals surface area contributed by atoms with Crippen molar-refractivity contribution in [2.45, 2.75) is 70.0 Å². The first kappa shape index (κ1) is 20.0. The molecule has 150 valence electrons. The number of amides is 1. The van der Waals surface area contributed by atoms with E-state index in [2.05, 4.69) is 10.3 Å². The standard InChI is InChI=1S/C20H28F3N3O/c21-20(22,23)17-11-6-12-24-18(17)26-13-7-8-15(14-26)19(27)25-16-9-4-2-1-3-5-10-16/h6,11-12,15-16H,1-5,7-10,13-14H2,(H,25,27). The molecule has 1 atom stereocenters. The second-order valence-electron chi connectivity index (χ2n) is 7.71. The van der Waals surface area contributed by atoms with E-state index in [9.17, 15) is 18.0 Å². The van der Waals surface area contributed by atoms with Gasteiger partial charge in [-0.2, -0.15) is 13.2 Å². The van der Waals surface area contributed by atoms with Crippen LogP contribution in [0.3, 0.4) is 0 Å². The molecule has 1 aromatic heterocycles. The van der Waals surface area contributed by atoms with Crippen molar-refractivity contribution in [3.63, 3.8) is 0 Å². The molecule has 4 nitrogen and oxygen atoms in total. The van der Waals surface area contributed by atoms with E-state index in [0.29, 0.717) is 25.9 Å². The minimum absolute atomic E-state index is 0.0187. The van der Waals surface area contributed by atoms with Crippen LogP contribution >= 0.6 is 0 Å². The lowest BCUT2D eigenvalue weighted by atomic mass is 9.93. The molecule has 1 amide bonds. The van der Waals surface area contributed by atoms with E-state index in [4.69, 9.17) is 0 Å². The summed E-state index contributed by atoms with van der Waals surface area (Å²) in [6, 6.07) is 2.56. The van der Waals surface area contributed by atoms with Crippen LogP contribution in [-0.4, -0.2) is 30.0 Å². The molecule has 1 aliphatic heterocycles. The van der Waals surface area contributed by atoms with Crippen molar-refractivity contribution in [3.8, 4) is 0 Å². The molecule has 2 heterocycles. The van der Waals surface area contributed by atoms with Crippen LogP contribution < -0.4 is 10.2 Å². The fourth-order valence-corrected chi connectivity index (χ4v) is 4.17. The Labute approximate surface area is 158 Å². The first-order valence-electron chi connectivity index (χ1n) is 10.0. The smallest absolute Gasteiger partial charge is 0.355 e. The lowest BCUT2D eigenvalue weighted by molar-refractivity contribution is -0.137. The van der Waals surface area contributed by atoms with Crippen molar-refractivity contribution in [2.75, 3.05) is 18.0 Å². The number of piperidine rings is 1. The Hall–Kier alpha value is -1.79. The average molecular weight is 383 g/mol. The zero-order chi connectivity index (χ0) is 19.3. The van der Waals surface area contributed by atoms with E-state index in [1.807, 2.05) is 0 Å².